The molecule has 0 N–H and O–H groups in total. The first-order valence-electron chi connectivity index (χ1n) is 5.08. The molecular weight excluding hydrogens is 285 g/mol. The molecule has 88 valence electrons. The number of anilines is 1. The third kappa shape index (κ3) is 3.23. The van der Waals surface area contributed by atoms with E-state index in [-0.39, 0.29) is 5.82 Å². The second kappa shape index (κ2) is 5.23. The molecule has 3 nitrogen and oxygen atoms in total. The number of hydrogen-bond donors (Lipinski definition) is 0. The molecule has 1 heterocycles. The monoisotopic (exact) mass is 295 g/mol. The Labute approximate surface area is 107 Å². The summed E-state index contributed by atoms with van der Waals surface area (Å²) in [6.07, 6.45) is 3.37. The van der Waals surface area contributed by atoms with Crippen LogP contribution in [0, 0.1) is 5.82 Å². The minimum absolute atomic E-state index is 0.229. The molecule has 0 spiro atoms. The van der Waals surface area contributed by atoms with Gasteiger partial charge in [0.15, 0.2) is 0 Å². The minimum atomic E-state index is -0.229. The highest BCUT2D eigenvalue weighted by Gasteiger charge is 2.05. The van der Waals surface area contributed by atoms with Crippen LogP contribution in [0.3, 0.4) is 0 Å². The average Bonchev–Trinajstić information content (AvgIpc) is 2.29. The topological polar surface area (TPSA) is 29.0 Å². The zero-order valence-corrected chi connectivity index (χ0v) is 10.9. The van der Waals surface area contributed by atoms with E-state index in [9.17, 15) is 4.39 Å². The van der Waals surface area contributed by atoms with E-state index in [1.165, 1.54) is 12.1 Å². The first kappa shape index (κ1) is 12.0. The molecule has 17 heavy (non-hydrogen) atoms. The molecule has 0 unspecified atom stereocenters. The Bertz CT molecular complexity index is 501. The summed E-state index contributed by atoms with van der Waals surface area (Å²) >= 11 is 3.28. The highest BCUT2D eigenvalue weighted by atomic mass is 79.9. The maximum Gasteiger partial charge on any atom is 0.225 e. The van der Waals surface area contributed by atoms with Crippen LogP contribution < -0.4 is 4.90 Å². The van der Waals surface area contributed by atoms with Crippen LogP contribution in [-0.2, 0) is 6.54 Å². The fourth-order valence-electron chi connectivity index (χ4n) is 1.48. The fourth-order valence-corrected chi connectivity index (χ4v) is 1.69. The minimum Gasteiger partial charge on any atom is -0.340 e. The van der Waals surface area contributed by atoms with Gasteiger partial charge in [-0.2, -0.15) is 0 Å². The van der Waals surface area contributed by atoms with Gasteiger partial charge in [0.05, 0.1) is 4.47 Å². The molecular formula is C12H11BrFN3. The van der Waals surface area contributed by atoms with Gasteiger partial charge in [0.1, 0.15) is 5.82 Å². The third-order valence-corrected chi connectivity index (χ3v) is 2.67. The summed E-state index contributed by atoms with van der Waals surface area (Å²) in [6.45, 7) is 0.569. The van der Waals surface area contributed by atoms with Crippen LogP contribution in [0.5, 0.6) is 0 Å². The van der Waals surface area contributed by atoms with Gasteiger partial charge in [0, 0.05) is 26.0 Å². The fraction of sp³-hybridized carbons (Fsp3) is 0.167. The van der Waals surface area contributed by atoms with Gasteiger partial charge in [0.2, 0.25) is 5.95 Å². The van der Waals surface area contributed by atoms with Crippen molar-refractivity contribution in [3.63, 3.8) is 0 Å². The van der Waals surface area contributed by atoms with Gasteiger partial charge in [-0.05, 0) is 33.6 Å². The highest BCUT2D eigenvalue weighted by Crippen LogP contribution is 2.13. The van der Waals surface area contributed by atoms with E-state index in [2.05, 4.69) is 25.9 Å². The smallest absolute Gasteiger partial charge is 0.225 e. The van der Waals surface area contributed by atoms with Crippen molar-refractivity contribution in [1.82, 2.24) is 9.97 Å². The van der Waals surface area contributed by atoms with Crippen LogP contribution in [0.4, 0.5) is 10.3 Å². The Morgan fingerprint density at radius 2 is 2.00 bits per heavy atom. The molecule has 0 radical (unpaired) electrons. The summed E-state index contributed by atoms with van der Waals surface area (Å²) in [4.78, 5) is 10.2. The lowest BCUT2D eigenvalue weighted by molar-refractivity contribution is 0.625. The summed E-state index contributed by atoms with van der Waals surface area (Å²) in [5.74, 6) is 0.380. The number of benzene rings is 1. The van der Waals surface area contributed by atoms with Crippen LogP contribution in [0.2, 0.25) is 0 Å². The van der Waals surface area contributed by atoms with E-state index >= 15 is 0 Å². The summed E-state index contributed by atoms with van der Waals surface area (Å²) in [5, 5.41) is 0. The van der Waals surface area contributed by atoms with Gasteiger partial charge >= 0.3 is 0 Å². The normalized spacial score (nSPS) is 10.3. The third-order valence-electron chi connectivity index (χ3n) is 2.26. The van der Waals surface area contributed by atoms with E-state index in [4.69, 9.17) is 0 Å². The largest absolute Gasteiger partial charge is 0.340 e. The maximum absolute atomic E-state index is 13.0. The molecule has 1 aromatic heterocycles. The van der Waals surface area contributed by atoms with E-state index in [0.29, 0.717) is 12.5 Å². The van der Waals surface area contributed by atoms with E-state index < -0.39 is 0 Å². The van der Waals surface area contributed by atoms with Gasteiger partial charge in [-0.1, -0.05) is 12.1 Å². The molecule has 0 atom stereocenters. The molecule has 0 amide bonds. The van der Waals surface area contributed by atoms with E-state index in [1.807, 2.05) is 18.0 Å². The maximum atomic E-state index is 13.0. The molecule has 0 aliphatic heterocycles. The summed E-state index contributed by atoms with van der Waals surface area (Å²) in [7, 11) is 1.87. The molecule has 0 aliphatic rings. The summed E-state index contributed by atoms with van der Waals surface area (Å²) in [6, 6.07) is 6.51. The Kier molecular flexibility index (Phi) is 3.68. The highest BCUT2D eigenvalue weighted by molar-refractivity contribution is 9.10. The number of halogens is 2. The number of nitrogens with zero attached hydrogens (tertiary/aromatic N) is 3. The van der Waals surface area contributed by atoms with Crippen molar-refractivity contribution in [2.75, 3.05) is 11.9 Å². The second-order valence-corrected chi connectivity index (χ2v) is 4.60. The molecule has 0 saturated heterocycles. The Morgan fingerprint density at radius 3 is 2.65 bits per heavy atom. The lowest BCUT2D eigenvalue weighted by Crippen LogP contribution is -2.18. The SMILES string of the molecule is CN(Cc1cccc(F)c1)c1ncc(Br)cn1. The van der Waals surface area contributed by atoms with Crippen LogP contribution in [0.1, 0.15) is 5.56 Å². The van der Waals surface area contributed by atoms with Crippen molar-refractivity contribution in [3.8, 4) is 0 Å². The molecule has 5 heteroatoms. The lowest BCUT2D eigenvalue weighted by Gasteiger charge is -2.16. The molecule has 0 fully saturated rings. The van der Waals surface area contributed by atoms with Gasteiger partial charge in [-0.15, -0.1) is 0 Å². The van der Waals surface area contributed by atoms with Gasteiger partial charge in [0.25, 0.3) is 0 Å². The lowest BCUT2D eigenvalue weighted by atomic mass is 10.2. The van der Waals surface area contributed by atoms with Crippen LogP contribution >= 0.6 is 15.9 Å². The van der Waals surface area contributed by atoms with Crippen LogP contribution in [0.15, 0.2) is 41.1 Å². The van der Waals surface area contributed by atoms with E-state index in [1.54, 1.807) is 18.5 Å². The molecule has 0 bridgehead atoms. The number of rotatable bonds is 3. The quantitative estimate of drug-likeness (QED) is 0.872. The summed E-state index contributed by atoms with van der Waals surface area (Å²) < 4.78 is 13.9. The summed E-state index contributed by atoms with van der Waals surface area (Å²) in [5.41, 5.74) is 0.888. The molecule has 0 aliphatic carbocycles. The van der Waals surface area contributed by atoms with Crippen molar-refractivity contribution >= 4 is 21.9 Å². The Morgan fingerprint density at radius 1 is 1.29 bits per heavy atom. The number of aromatic nitrogens is 2. The average molecular weight is 296 g/mol. The predicted octanol–water partition coefficient (Wildman–Crippen LogP) is 3.01. The molecule has 2 rings (SSSR count). The van der Waals surface area contributed by atoms with Gasteiger partial charge in [-0.25, -0.2) is 14.4 Å². The second-order valence-electron chi connectivity index (χ2n) is 3.69. The Hall–Kier alpha value is -1.49. The molecule has 2 aromatic rings. The predicted molar refractivity (Wildman–Crippen MR) is 68.2 cm³/mol. The van der Waals surface area contributed by atoms with E-state index in [0.717, 1.165) is 10.0 Å². The standard InChI is InChI=1S/C12H11BrFN3/c1-17(12-15-6-10(13)7-16-12)8-9-3-2-4-11(14)5-9/h2-7H,8H2,1H3. The number of hydrogen-bond acceptors (Lipinski definition) is 3. The molecule has 0 saturated carbocycles. The van der Waals surface area contributed by atoms with Crippen molar-refractivity contribution < 1.29 is 4.39 Å². The van der Waals surface area contributed by atoms with Crippen molar-refractivity contribution in [3.05, 3.63) is 52.5 Å². The van der Waals surface area contributed by atoms with Crippen molar-refractivity contribution in [1.29, 1.82) is 0 Å². The zero-order chi connectivity index (χ0) is 12.3. The van der Waals surface area contributed by atoms with Gasteiger partial charge in [-0.3, -0.25) is 0 Å². The van der Waals surface area contributed by atoms with Crippen molar-refractivity contribution in [2.45, 2.75) is 6.54 Å². The van der Waals surface area contributed by atoms with Crippen LogP contribution in [0.25, 0.3) is 0 Å². The first-order chi connectivity index (χ1) is 8.15. The van der Waals surface area contributed by atoms with Crippen molar-refractivity contribution in [2.24, 2.45) is 0 Å². The first-order valence-corrected chi connectivity index (χ1v) is 5.87. The molecule has 1 aromatic carbocycles. The Balaban J connectivity index is 2.11. The van der Waals surface area contributed by atoms with Crippen LogP contribution in [-0.4, -0.2) is 17.0 Å². The van der Waals surface area contributed by atoms with Gasteiger partial charge < -0.3 is 4.90 Å². The zero-order valence-electron chi connectivity index (χ0n) is 9.27.